The Labute approximate surface area is 162 Å². The van der Waals surface area contributed by atoms with Crippen molar-refractivity contribution >= 4 is 17.6 Å². The monoisotopic (exact) mass is 374 g/mol. The van der Waals surface area contributed by atoms with E-state index >= 15 is 0 Å². The number of esters is 1. The van der Waals surface area contributed by atoms with Gasteiger partial charge in [0.2, 0.25) is 0 Å². The molecule has 0 saturated heterocycles. The van der Waals surface area contributed by atoms with E-state index in [2.05, 4.69) is 10.4 Å². The van der Waals surface area contributed by atoms with Crippen LogP contribution in [0.3, 0.4) is 0 Å². The molecule has 0 radical (unpaired) electrons. The summed E-state index contributed by atoms with van der Waals surface area (Å²) in [5, 5.41) is 15.9. The molecule has 0 aliphatic carbocycles. The Morgan fingerprint density at radius 3 is 2.50 bits per heavy atom. The molecule has 7 nitrogen and oxygen atoms in total. The van der Waals surface area contributed by atoms with Crippen molar-refractivity contribution in [2.45, 2.75) is 20.0 Å². The van der Waals surface area contributed by atoms with Gasteiger partial charge in [0.15, 0.2) is 6.10 Å². The minimum Gasteiger partial charge on any atom is -0.449 e. The van der Waals surface area contributed by atoms with Crippen LogP contribution in [0.1, 0.15) is 28.5 Å². The van der Waals surface area contributed by atoms with E-state index in [1.807, 2.05) is 19.1 Å². The van der Waals surface area contributed by atoms with E-state index in [4.69, 9.17) is 10.00 Å². The van der Waals surface area contributed by atoms with Crippen LogP contribution in [0.25, 0.3) is 5.69 Å². The van der Waals surface area contributed by atoms with Crippen molar-refractivity contribution in [1.29, 1.82) is 5.26 Å². The lowest BCUT2D eigenvalue weighted by molar-refractivity contribution is -0.123. The first kappa shape index (κ1) is 18.9. The second kappa shape index (κ2) is 8.18. The number of anilines is 1. The Balaban J connectivity index is 1.64. The van der Waals surface area contributed by atoms with Crippen LogP contribution in [-0.2, 0) is 9.53 Å². The van der Waals surface area contributed by atoms with Gasteiger partial charge in [0, 0.05) is 11.9 Å². The molecular formula is C21H18N4O3. The molecule has 7 heteroatoms. The van der Waals surface area contributed by atoms with Gasteiger partial charge in [-0.25, -0.2) is 9.48 Å². The van der Waals surface area contributed by atoms with E-state index in [1.54, 1.807) is 59.4 Å². The molecule has 0 spiro atoms. The van der Waals surface area contributed by atoms with Gasteiger partial charge in [-0.3, -0.25) is 4.79 Å². The number of carbonyl (C=O) groups is 2. The Morgan fingerprint density at radius 2 is 1.86 bits per heavy atom. The summed E-state index contributed by atoms with van der Waals surface area (Å²) in [4.78, 5) is 24.6. The highest BCUT2D eigenvalue weighted by molar-refractivity contribution is 5.98. The van der Waals surface area contributed by atoms with Crippen molar-refractivity contribution in [3.63, 3.8) is 0 Å². The third kappa shape index (κ3) is 4.07. The zero-order chi connectivity index (χ0) is 20.1. The number of carbonyl (C=O) groups excluding carboxylic acids is 2. The second-order valence-electron chi connectivity index (χ2n) is 6.13. The minimum absolute atomic E-state index is 0.325. The molecular weight excluding hydrogens is 356 g/mol. The fourth-order valence-electron chi connectivity index (χ4n) is 2.58. The first-order chi connectivity index (χ1) is 13.5. The van der Waals surface area contributed by atoms with E-state index in [-0.39, 0.29) is 0 Å². The molecule has 140 valence electrons. The quantitative estimate of drug-likeness (QED) is 0.692. The number of aryl methyl sites for hydroxylation is 1. The predicted molar refractivity (Wildman–Crippen MR) is 103 cm³/mol. The van der Waals surface area contributed by atoms with Gasteiger partial charge in [-0.15, -0.1) is 0 Å². The van der Waals surface area contributed by atoms with Crippen LogP contribution < -0.4 is 5.32 Å². The second-order valence-corrected chi connectivity index (χ2v) is 6.13. The molecule has 2 aromatic carbocycles. The first-order valence-corrected chi connectivity index (χ1v) is 8.61. The van der Waals surface area contributed by atoms with Gasteiger partial charge >= 0.3 is 5.97 Å². The highest BCUT2D eigenvalue weighted by Crippen LogP contribution is 2.15. The molecule has 1 heterocycles. The number of nitriles is 1. The number of nitrogens with one attached hydrogen (secondary N) is 1. The van der Waals surface area contributed by atoms with Gasteiger partial charge in [-0.2, -0.15) is 10.4 Å². The molecule has 0 fully saturated rings. The molecule has 1 N–H and O–H groups in total. The fraction of sp³-hybridized carbons (Fsp3) is 0.143. The van der Waals surface area contributed by atoms with Gasteiger partial charge in [-0.05, 0) is 56.3 Å². The van der Waals surface area contributed by atoms with E-state index in [9.17, 15) is 9.59 Å². The van der Waals surface area contributed by atoms with Crippen LogP contribution in [0.5, 0.6) is 0 Å². The minimum atomic E-state index is -1.02. The summed E-state index contributed by atoms with van der Waals surface area (Å²) in [7, 11) is 0. The van der Waals surface area contributed by atoms with Gasteiger partial charge in [0.1, 0.15) is 6.07 Å². The summed E-state index contributed by atoms with van der Waals surface area (Å²) < 4.78 is 6.99. The molecule has 1 aromatic heterocycles. The zero-order valence-electron chi connectivity index (χ0n) is 15.4. The summed E-state index contributed by atoms with van der Waals surface area (Å²) >= 11 is 0. The maximum absolute atomic E-state index is 12.3. The van der Waals surface area contributed by atoms with Crippen molar-refractivity contribution in [2.75, 3.05) is 5.32 Å². The first-order valence-electron chi connectivity index (χ1n) is 8.61. The summed E-state index contributed by atoms with van der Waals surface area (Å²) in [5.41, 5.74) is 2.82. The number of ether oxygens (including phenoxy) is 1. The summed E-state index contributed by atoms with van der Waals surface area (Å²) in [6, 6.07) is 17.2. The largest absolute Gasteiger partial charge is 0.449 e. The summed E-state index contributed by atoms with van der Waals surface area (Å²) in [5.74, 6) is -1.13. The Kier molecular flexibility index (Phi) is 5.51. The molecule has 0 aliphatic rings. The van der Waals surface area contributed by atoms with E-state index in [0.29, 0.717) is 16.8 Å². The maximum atomic E-state index is 12.3. The lowest BCUT2D eigenvalue weighted by Crippen LogP contribution is -2.30. The average Bonchev–Trinajstić information content (AvgIpc) is 3.14. The highest BCUT2D eigenvalue weighted by Gasteiger charge is 2.20. The zero-order valence-corrected chi connectivity index (χ0v) is 15.4. The molecule has 0 aliphatic heterocycles. The number of nitrogens with zero attached hydrogens (tertiary/aromatic N) is 3. The van der Waals surface area contributed by atoms with Crippen molar-refractivity contribution < 1.29 is 14.3 Å². The molecule has 0 bridgehead atoms. The summed E-state index contributed by atoms with van der Waals surface area (Å²) in [6.07, 6.45) is 0.676. The van der Waals surface area contributed by atoms with Crippen molar-refractivity contribution in [2.24, 2.45) is 0 Å². The van der Waals surface area contributed by atoms with Crippen LogP contribution in [0.2, 0.25) is 0 Å². The van der Waals surface area contributed by atoms with Crippen LogP contribution in [-0.4, -0.2) is 27.8 Å². The summed E-state index contributed by atoms with van der Waals surface area (Å²) in [6.45, 7) is 3.41. The number of amides is 1. The molecule has 1 amide bonds. The Hall–Kier alpha value is -3.92. The number of hydrogen-bond acceptors (Lipinski definition) is 5. The van der Waals surface area contributed by atoms with Crippen LogP contribution in [0.4, 0.5) is 5.69 Å². The lowest BCUT2D eigenvalue weighted by Gasteiger charge is -2.14. The normalized spacial score (nSPS) is 11.3. The third-order valence-corrected chi connectivity index (χ3v) is 4.14. The van der Waals surface area contributed by atoms with Crippen molar-refractivity contribution in [1.82, 2.24) is 9.78 Å². The third-order valence-electron chi connectivity index (χ3n) is 4.14. The van der Waals surface area contributed by atoms with Crippen molar-refractivity contribution in [3.8, 4) is 11.8 Å². The van der Waals surface area contributed by atoms with Crippen LogP contribution in [0.15, 0.2) is 60.8 Å². The Morgan fingerprint density at radius 1 is 1.14 bits per heavy atom. The van der Waals surface area contributed by atoms with Crippen molar-refractivity contribution in [3.05, 3.63) is 77.6 Å². The number of rotatable bonds is 5. The number of benzene rings is 2. The molecule has 3 rings (SSSR count). The number of para-hydroxylation sites is 1. The average molecular weight is 374 g/mol. The van der Waals surface area contributed by atoms with Gasteiger partial charge in [-0.1, -0.05) is 12.1 Å². The van der Waals surface area contributed by atoms with Crippen LogP contribution in [0, 0.1) is 18.3 Å². The lowest BCUT2D eigenvalue weighted by atomic mass is 10.2. The smallest absolute Gasteiger partial charge is 0.338 e. The Bertz CT molecular complexity index is 1050. The van der Waals surface area contributed by atoms with E-state index in [1.165, 1.54) is 6.92 Å². The van der Waals surface area contributed by atoms with E-state index < -0.39 is 18.0 Å². The maximum Gasteiger partial charge on any atom is 0.338 e. The molecule has 3 aromatic rings. The number of hydrogen-bond donors (Lipinski definition) is 1. The topological polar surface area (TPSA) is 97.0 Å². The van der Waals surface area contributed by atoms with Gasteiger partial charge in [0.25, 0.3) is 5.91 Å². The fourth-order valence-corrected chi connectivity index (χ4v) is 2.58. The molecule has 0 saturated carbocycles. The standard InChI is InChI=1S/C21H18N4O3/c1-14-11-12-23-25(14)18-9-7-16(8-10-18)21(27)28-15(2)20(26)24-19-6-4-3-5-17(19)13-22/h3-12,15H,1-2H3,(H,24,26)/t15-/m0/s1. The van der Waals surface area contributed by atoms with Gasteiger partial charge in [0.05, 0.1) is 22.5 Å². The van der Waals surface area contributed by atoms with Gasteiger partial charge < -0.3 is 10.1 Å². The SMILES string of the molecule is Cc1ccnn1-c1ccc(C(=O)O[C@@H](C)C(=O)Nc2ccccc2C#N)cc1. The van der Waals surface area contributed by atoms with E-state index in [0.717, 1.165) is 11.4 Å². The molecule has 28 heavy (non-hydrogen) atoms. The molecule has 1 atom stereocenters. The predicted octanol–water partition coefficient (Wildman–Crippen LogP) is 3.24. The van der Waals surface area contributed by atoms with Crippen LogP contribution >= 0.6 is 0 Å². The molecule has 0 unspecified atom stereocenters. The number of aromatic nitrogens is 2. The highest BCUT2D eigenvalue weighted by atomic mass is 16.5.